The Morgan fingerprint density at radius 2 is 1.89 bits per heavy atom. The highest BCUT2D eigenvalue weighted by atomic mass is 16.5. The predicted molar refractivity (Wildman–Crippen MR) is 134 cm³/mol. The summed E-state index contributed by atoms with van der Waals surface area (Å²) in [4.78, 5) is 28.4. The molecule has 0 radical (unpaired) electrons. The standard InChI is InChI=1S/C25H25N7O4/c1-2-35-22-21(18-4-3-10-26-16-18)29-23(30-24(22)32-11-14-34-15-12-32)17-5-7-19(8-6-17)27-25(33)28-20-9-13-36-31-20/h3-10,13,16H,2,11-12,14-15H2,1H3,(H2,27,28,31,33). The Labute approximate surface area is 207 Å². The first-order valence-electron chi connectivity index (χ1n) is 11.6. The van der Waals surface area contributed by atoms with Crippen LogP contribution in [0.1, 0.15) is 6.92 Å². The molecule has 36 heavy (non-hydrogen) atoms. The molecular formula is C25H25N7O4. The average molecular weight is 488 g/mol. The van der Waals surface area contributed by atoms with Gasteiger partial charge in [0.25, 0.3) is 0 Å². The fourth-order valence-electron chi connectivity index (χ4n) is 3.79. The molecule has 1 aliphatic rings. The molecule has 0 atom stereocenters. The van der Waals surface area contributed by atoms with E-state index in [2.05, 4.69) is 25.7 Å². The van der Waals surface area contributed by atoms with Crippen LogP contribution in [0, 0.1) is 0 Å². The number of carbonyl (C=O) groups is 1. The molecule has 4 aromatic rings. The maximum absolute atomic E-state index is 12.2. The molecule has 184 valence electrons. The largest absolute Gasteiger partial charge is 0.488 e. The number of aromatic nitrogens is 4. The van der Waals surface area contributed by atoms with E-state index in [1.807, 2.05) is 31.2 Å². The Kier molecular flexibility index (Phi) is 6.99. The second-order valence-corrected chi connectivity index (χ2v) is 7.86. The Balaban J connectivity index is 1.48. The predicted octanol–water partition coefficient (Wildman–Crippen LogP) is 4.07. The number of hydrogen-bond acceptors (Lipinski definition) is 9. The van der Waals surface area contributed by atoms with Crippen molar-refractivity contribution in [2.24, 2.45) is 0 Å². The van der Waals surface area contributed by atoms with Crippen LogP contribution in [0.2, 0.25) is 0 Å². The fourth-order valence-corrected chi connectivity index (χ4v) is 3.79. The molecule has 0 unspecified atom stereocenters. The number of nitrogens with one attached hydrogen (secondary N) is 2. The van der Waals surface area contributed by atoms with E-state index < -0.39 is 6.03 Å². The van der Waals surface area contributed by atoms with Crippen LogP contribution in [0.5, 0.6) is 5.75 Å². The number of amides is 2. The minimum Gasteiger partial charge on any atom is -0.488 e. The summed E-state index contributed by atoms with van der Waals surface area (Å²) in [6, 6.07) is 12.2. The highest BCUT2D eigenvalue weighted by molar-refractivity contribution is 5.99. The summed E-state index contributed by atoms with van der Waals surface area (Å²) in [5.74, 6) is 2.21. The third-order valence-corrected chi connectivity index (χ3v) is 5.46. The summed E-state index contributed by atoms with van der Waals surface area (Å²) < 4.78 is 16.3. The number of ether oxygens (including phenoxy) is 2. The van der Waals surface area contributed by atoms with Gasteiger partial charge in [-0.1, -0.05) is 5.16 Å². The molecule has 1 aliphatic heterocycles. The number of carbonyl (C=O) groups excluding carboxylic acids is 1. The molecule has 1 fully saturated rings. The van der Waals surface area contributed by atoms with Crippen molar-refractivity contribution in [3.8, 4) is 28.4 Å². The number of morpholine rings is 1. The molecule has 2 amide bonds. The van der Waals surface area contributed by atoms with Gasteiger partial charge >= 0.3 is 6.03 Å². The molecule has 1 aromatic carbocycles. The van der Waals surface area contributed by atoms with Gasteiger partial charge in [0.2, 0.25) is 0 Å². The number of rotatable bonds is 7. The first-order chi connectivity index (χ1) is 17.7. The SMILES string of the molecule is CCOc1c(-c2cccnc2)nc(-c2ccc(NC(=O)Nc3ccon3)cc2)nc1N1CCOCC1. The lowest BCUT2D eigenvalue weighted by molar-refractivity contribution is 0.122. The van der Waals surface area contributed by atoms with Gasteiger partial charge in [0.05, 0.1) is 19.8 Å². The van der Waals surface area contributed by atoms with Crippen LogP contribution in [-0.4, -0.2) is 59.0 Å². The Bertz CT molecular complexity index is 1290. The Morgan fingerprint density at radius 1 is 1.06 bits per heavy atom. The average Bonchev–Trinajstić information content (AvgIpc) is 3.43. The van der Waals surface area contributed by atoms with E-state index >= 15 is 0 Å². The first kappa shape index (κ1) is 23.2. The topological polar surface area (TPSA) is 128 Å². The van der Waals surface area contributed by atoms with Gasteiger partial charge in [-0.25, -0.2) is 14.8 Å². The Hall–Kier alpha value is -4.51. The van der Waals surface area contributed by atoms with E-state index in [4.69, 9.17) is 24.0 Å². The molecule has 4 heterocycles. The summed E-state index contributed by atoms with van der Waals surface area (Å²) in [5, 5.41) is 9.01. The van der Waals surface area contributed by atoms with E-state index in [-0.39, 0.29) is 0 Å². The molecule has 3 aromatic heterocycles. The van der Waals surface area contributed by atoms with Crippen LogP contribution in [0.3, 0.4) is 0 Å². The minimum atomic E-state index is -0.428. The number of hydrogen-bond donors (Lipinski definition) is 2. The van der Waals surface area contributed by atoms with E-state index in [1.165, 1.54) is 6.26 Å². The van der Waals surface area contributed by atoms with Crippen LogP contribution in [0.15, 0.2) is 65.6 Å². The summed E-state index contributed by atoms with van der Waals surface area (Å²) in [7, 11) is 0. The molecule has 11 heteroatoms. The zero-order valence-corrected chi connectivity index (χ0v) is 19.7. The molecule has 1 saturated heterocycles. The number of nitrogens with zero attached hydrogens (tertiary/aromatic N) is 5. The molecule has 11 nitrogen and oxygen atoms in total. The highest BCUT2D eigenvalue weighted by Gasteiger charge is 2.24. The van der Waals surface area contributed by atoms with Crippen molar-refractivity contribution < 1.29 is 18.8 Å². The van der Waals surface area contributed by atoms with E-state index in [0.717, 1.165) is 16.9 Å². The molecule has 0 bridgehead atoms. The number of urea groups is 1. The summed E-state index contributed by atoms with van der Waals surface area (Å²) in [6.07, 6.45) is 4.86. The number of pyridine rings is 1. The van der Waals surface area contributed by atoms with Crippen molar-refractivity contribution in [1.82, 2.24) is 20.1 Å². The fraction of sp³-hybridized carbons (Fsp3) is 0.240. The Morgan fingerprint density at radius 3 is 2.58 bits per heavy atom. The summed E-state index contributed by atoms with van der Waals surface area (Å²) in [5.41, 5.74) is 2.90. The normalized spacial score (nSPS) is 13.3. The van der Waals surface area contributed by atoms with Gasteiger partial charge in [-0.2, -0.15) is 0 Å². The monoisotopic (exact) mass is 487 g/mol. The van der Waals surface area contributed by atoms with Gasteiger partial charge in [0.15, 0.2) is 23.2 Å². The molecule has 5 rings (SSSR count). The lowest BCUT2D eigenvalue weighted by Crippen LogP contribution is -2.37. The first-order valence-corrected chi connectivity index (χ1v) is 11.6. The van der Waals surface area contributed by atoms with Crippen molar-refractivity contribution >= 4 is 23.4 Å². The van der Waals surface area contributed by atoms with E-state index in [0.29, 0.717) is 61.7 Å². The second kappa shape index (κ2) is 10.8. The third kappa shape index (κ3) is 5.26. The van der Waals surface area contributed by atoms with Crippen molar-refractivity contribution in [1.29, 1.82) is 0 Å². The van der Waals surface area contributed by atoms with Crippen LogP contribution in [0.25, 0.3) is 22.6 Å². The zero-order chi connectivity index (χ0) is 24.7. The van der Waals surface area contributed by atoms with Gasteiger partial charge in [-0.15, -0.1) is 0 Å². The van der Waals surface area contributed by atoms with Gasteiger partial charge in [-0.3, -0.25) is 10.3 Å². The molecule has 0 saturated carbocycles. The quantitative estimate of drug-likeness (QED) is 0.396. The van der Waals surface area contributed by atoms with Crippen LogP contribution in [0.4, 0.5) is 22.1 Å². The second-order valence-electron chi connectivity index (χ2n) is 7.86. The van der Waals surface area contributed by atoms with E-state index in [1.54, 1.807) is 30.6 Å². The van der Waals surface area contributed by atoms with Crippen LogP contribution < -0.4 is 20.3 Å². The summed E-state index contributed by atoms with van der Waals surface area (Å²) in [6.45, 7) is 5.05. The van der Waals surface area contributed by atoms with Crippen molar-refractivity contribution in [3.63, 3.8) is 0 Å². The van der Waals surface area contributed by atoms with Crippen LogP contribution in [-0.2, 0) is 4.74 Å². The van der Waals surface area contributed by atoms with Crippen molar-refractivity contribution in [3.05, 3.63) is 61.1 Å². The minimum absolute atomic E-state index is 0.325. The van der Waals surface area contributed by atoms with Crippen LogP contribution >= 0.6 is 0 Å². The highest BCUT2D eigenvalue weighted by Crippen LogP contribution is 2.38. The van der Waals surface area contributed by atoms with Gasteiger partial charge < -0.3 is 24.2 Å². The number of benzene rings is 1. The zero-order valence-electron chi connectivity index (χ0n) is 19.7. The molecule has 0 aliphatic carbocycles. The lowest BCUT2D eigenvalue weighted by Gasteiger charge is -2.30. The molecule has 2 N–H and O–H groups in total. The number of anilines is 3. The lowest BCUT2D eigenvalue weighted by atomic mass is 10.1. The summed E-state index contributed by atoms with van der Waals surface area (Å²) >= 11 is 0. The van der Waals surface area contributed by atoms with Crippen molar-refractivity contribution in [2.45, 2.75) is 6.92 Å². The van der Waals surface area contributed by atoms with Gasteiger partial charge in [0, 0.05) is 48.4 Å². The van der Waals surface area contributed by atoms with Gasteiger partial charge in [-0.05, 0) is 43.3 Å². The van der Waals surface area contributed by atoms with Crippen molar-refractivity contribution in [2.75, 3.05) is 48.4 Å². The third-order valence-electron chi connectivity index (χ3n) is 5.46. The molecular weight excluding hydrogens is 462 g/mol. The smallest absolute Gasteiger partial charge is 0.324 e. The maximum atomic E-state index is 12.2. The van der Waals surface area contributed by atoms with E-state index in [9.17, 15) is 4.79 Å². The molecule has 0 spiro atoms. The van der Waals surface area contributed by atoms with Gasteiger partial charge in [0.1, 0.15) is 12.0 Å². The maximum Gasteiger partial charge on any atom is 0.324 e.